The molecule has 0 heterocycles. The number of amides is 3. The fraction of sp³-hybridized carbons (Fsp3) is 0.467. The summed E-state index contributed by atoms with van der Waals surface area (Å²) in [6.07, 6.45) is 0.789. The van der Waals surface area contributed by atoms with E-state index >= 15 is 0 Å². The average molecular weight is 329 g/mol. The Labute approximate surface area is 133 Å². The maximum Gasteiger partial charge on any atom is 0.387 e. The van der Waals surface area contributed by atoms with E-state index in [1.807, 2.05) is 13.8 Å². The molecule has 0 fully saturated rings. The fourth-order valence-corrected chi connectivity index (χ4v) is 1.62. The van der Waals surface area contributed by atoms with Crippen LogP contribution in [0.25, 0.3) is 0 Å². The van der Waals surface area contributed by atoms with Gasteiger partial charge in [0, 0.05) is 11.7 Å². The lowest BCUT2D eigenvalue weighted by atomic mass is 10.2. The predicted octanol–water partition coefficient (Wildman–Crippen LogP) is 2.71. The molecule has 1 aromatic rings. The number of halogens is 2. The van der Waals surface area contributed by atoms with Gasteiger partial charge in [-0.3, -0.25) is 4.79 Å². The van der Waals surface area contributed by atoms with Crippen LogP contribution in [0.5, 0.6) is 5.75 Å². The number of nitrogens with one attached hydrogen (secondary N) is 3. The zero-order chi connectivity index (χ0) is 17.4. The smallest absolute Gasteiger partial charge is 0.387 e. The largest absolute Gasteiger partial charge is 0.435 e. The first-order valence-electron chi connectivity index (χ1n) is 7.24. The summed E-state index contributed by atoms with van der Waals surface area (Å²) < 4.78 is 28.3. The molecule has 8 heteroatoms. The highest BCUT2D eigenvalue weighted by atomic mass is 19.3. The SMILES string of the molecule is CC[C@@H](C)NC(=O)[C@@H](C)NC(=O)Nc1ccc(OC(F)F)cc1. The van der Waals surface area contributed by atoms with Gasteiger partial charge in [-0.1, -0.05) is 6.92 Å². The topological polar surface area (TPSA) is 79.5 Å². The third-order valence-corrected chi connectivity index (χ3v) is 3.08. The standard InChI is InChI=1S/C15H21F2N3O3/c1-4-9(2)18-13(21)10(3)19-15(22)20-11-5-7-12(8-6-11)23-14(16)17/h5-10,14H,4H2,1-3H3,(H,18,21)(H2,19,20,22)/t9-,10-/m1/s1. The van der Waals surface area contributed by atoms with Gasteiger partial charge in [0.15, 0.2) is 0 Å². The van der Waals surface area contributed by atoms with Gasteiger partial charge in [0.2, 0.25) is 5.91 Å². The highest BCUT2D eigenvalue weighted by molar-refractivity contribution is 5.93. The molecule has 1 rings (SSSR count). The van der Waals surface area contributed by atoms with E-state index in [9.17, 15) is 18.4 Å². The Balaban J connectivity index is 2.48. The summed E-state index contributed by atoms with van der Waals surface area (Å²) >= 11 is 0. The molecule has 0 bridgehead atoms. The number of hydrogen-bond donors (Lipinski definition) is 3. The maximum atomic E-state index is 12.0. The summed E-state index contributed by atoms with van der Waals surface area (Å²) in [5, 5.41) is 7.75. The van der Waals surface area contributed by atoms with Crippen LogP contribution in [-0.4, -0.2) is 30.6 Å². The molecule has 23 heavy (non-hydrogen) atoms. The first-order valence-corrected chi connectivity index (χ1v) is 7.24. The first-order chi connectivity index (χ1) is 10.8. The molecule has 0 aliphatic heterocycles. The number of rotatable bonds is 7. The molecule has 3 N–H and O–H groups in total. The average Bonchev–Trinajstić information content (AvgIpc) is 2.48. The summed E-state index contributed by atoms with van der Waals surface area (Å²) in [5.41, 5.74) is 0.388. The number of ether oxygens (including phenoxy) is 1. The van der Waals surface area contributed by atoms with Gasteiger partial charge in [-0.05, 0) is 44.5 Å². The summed E-state index contributed by atoms with van der Waals surface area (Å²) in [5.74, 6) is -0.289. The quantitative estimate of drug-likeness (QED) is 0.719. The Morgan fingerprint density at radius 2 is 1.74 bits per heavy atom. The molecule has 6 nitrogen and oxygen atoms in total. The van der Waals surface area contributed by atoms with Gasteiger partial charge in [-0.15, -0.1) is 0 Å². The minimum Gasteiger partial charge on any atom is -0.435 e. The van der Waals surface area contributed by atoms with Gasteiger partial charge in [0.1, 0.15) is 11.8 Å². The van der Waals surface area contributed by atoms with Crippen molar-refractivity contribution in [3.05, 3.63) is 24.3 Å². The second-order valence-corrected chi connectivity index (χ2v) is 5.04. The van der Waals surface area contributed by atoms with E-state index < -0.39 is 18.7 Å². The number of urea groups is 1. The van der Waals surface area contributed by atoms with E-state index in [4.69, 9.17) is 0 Å². The molecule has 0 saturated carbocycles. The summed E-state index contributed by atoms with van der Waals surface area (Å²) in [7, 11) is 0. The van der Waals surface area contributed by atoms with E-state index in [1.54, 1.807) is 6.92 Å². The molecule has 1 aromatic carbocycles. The summed E-state index contributed by atoms with van der Waals surface area (Å²) in [6, 6.07) is 4.20. The van der Waals surface area contributed by atoms with Crippen molar-refractivity contribution in [1.29, 1.82) is 0 Å². The Morgan fingerprint density at radius 3 is 2.26 bits per heavy atom. The molecule has 128 valence electrons. The van der Waals surface area contributed by atoms with Crippen LogP contribution in [0.3, 0.4) is 0 Å². The monoisotopic (exact) mass is 329 g/mol. The Bertz CT molecular complexity index is 523. The molecule has 0 aromatic heterocycles. The van der Waals surface area contributed by atoms with Gasteiger partial charge in [0.05, 0.1) is 0 Å². The number of benzene rings is 1. The van der Waals surface area contributed by atoms with E-state index in [1.165, 1.54) is 24.3 Å². The third-order valence-electron chi connectivity index (χ3n) is 3.08. The van der Waals surface area contributed by atoms with E-state index in [-0.39, 0.29) is 17.7 Å². The molecule has 0 saturated heterocycles. The van der Waals surface area contributed by atoms with Gasteiger partial charge in [-0.25, -0.2) is 4.79 Å². The van der Waals surface area contributed by atoms with E-state index in [0.29, 0.717) is 5.69 Å². The van der Waals surface area contributed by atoms with Gasteiger partial charge in [0.25, 0.3) is 0 Å². The van der Waals surface area contributed by atoms with E-state index in [0.717, 1.165) is 6.42 Å². The van der Waals surface area contributed by atoms with Crippen molar-refractivity contribution in [2.24, 2.45) is 0 Å². The maximum absolute atomic E-state index is 12.0. The molecule has 0 aliphatic carbocycles. The van der Waals surface area contributed by atoms with Crippen molar-refractivity contribution in [2.45, 2.75) is 45.9 Å². The van der Waals surface area contributed by atoms with Crippen molar-refractivity contribution in [3.8, 4) is 5.75 Å². The van der Waals surface area contributed by atoms with Crippen molar-refractivity contribution in [2.75, 3.05) is 5.32 Å². The second-order valence-electron chi connectivity index (χ2n) is 5.04. The van der Waals surface area contributed by atoms with Crippen LogP contribution in [0, 0.1) is 0 Å². The predicted molar refractivity (Wildman–Crippen MR) is 82.6 cm³/mol. The minimum absolute atomic E-state index is 0.00717. The van der Waals surface area contributed by atoms with Crippen LogP contribution in [0.1, 0.15) is 27.2 Å². The zero-order valence-electron chi connectivity index (χ0n) is 13.2. The molecular formula is C15H21F2N3O3. The van der Waals surface area contributed by atoms with Crippen LogP contribution in [0.2, 0.25) is 0 Å². The highest BCUT2D eigenvalue weighted by Gasteiger charge is 2.16. The van der Waals surface area contributed by atoms with Crippen molar-refractivity contribution >= 4 is 17.6 Å². The normalized spacial score (nSPS) is 13.1. The highest BCUT2D eigenvalue weighted by Crippen LogP contribution is 2.17. The molecule has 0 radical (unpaired) electrons. The molecule has 2 atom stereocenters. The minimum atomic E-state index is -2.90. The van der Waals surface area contributed by atoms with Crippen LogP contribution in [-0.2, 0) is 4.79 Å². The number of carbonyl (C=O) groups is 2. The molecule has 0 spiro atoms. The van der Waals surface area contributed by atoms with Crippen LogP contribution in [0.15, 0.2) is 24.3 Å². The summed E-state index contributed by atoms with van der Waals surface area (Å²) in [4.78, 5) is 23.6. The molecule has 0 aliphatic rings. The van der Waals surface area contributed by atoms with Crippen LogP contribution >= 0.6 is 0 Å². The van der Waals surface area contributed by atoms with Gasteiger partial charge < -0.3 is 20.7 Å². The Morgan fingerprint density at radius 1 is 1.13 bits per heavy atom. The summed E-state index contributed by atoms with van der Waals surface area (Å²) in [6.45, 7) is 2.48. The van der Waals surface area contributed by atoms with Crippen molar-refractivity contribution in [3.63, 3.8) is 0 Å². The molecular weight excluding hydrogens is 308 g/mol. The lowest BCUT2D eigenvalue weighted by molar-refractivity contribution is -0.123. The lowest BCUT2D eigenvalue weighted by Crippen LogP contribution is -2.48. The Hall–Kier alpha value is -2.38. The lowest BCUT2D eigenvalue weighted by Gasteiger charge is -2.17. The fourth-order valence-electron chi connectivity index (χ4n) is 1.62. The first kappa shape index (κ1) is 18.7. The van der Waals surface area contributed by atoms with Crippen LogP contribution in [0.4, 0.5) is 19.3 Å². The zero-order valence-corrected chi connectivity index (χ0v) is 13.2. The van der Waals surface area contributed by atoms with Gasteiger partial charge in [-0.2, -0.15) is 8.78 Å². The number of anilines is 1. The second kappa shape index (κ2) is 8.92. The van der Waals surface area contributed by atoms with Crippen LogP contribution < -0.4 is 20.7 Å². The number of alkyl halides is 2. The molecule has 0 unspecified atom stereocenters. The Kier molecular flexibility index (Phi) is 7.24. The number of hydrogen-bond acceptors (Lipinski definition) is 3. The number of carbonyl (C=O) groups excluding carboxylic acids is 2. The van der Waals surface area contributed by atoms with E-state index in [2.05, 4.69) is 20.7 Å². The van der Waals surface area contributed by atoms with Crippen molar-refractivity contribution in [1.82, 2.24) is 10.6 Å². The third kappa shape index (κ3) is 6.94. The van der Waals surface area contributed by atoms with Crippen molar-refractivity contribution < 1.29 is 23.1 Å². The molecule has 3 amide bonds. The van der Waals surface area contributed by atoms with Gasteiger partial charge >= 0.3 is 12.6 Å².